The molecule has 1 heterocycles. The third-order valence-electron chi connectivity index (χ3n) is 1.89. The van der Waals surface area contributed by atoms with E-state index in [9.17, 15) is 0 Å². The van der Waals surface area contributed by atoms with Crippen molar-refractivity contribution in [1.29, 1.82) is 0 Å². The second-order valence-corrected chi connectivity index (χ2v) is 59.4. The van der Waals surface area contributed by atoms with E-state index in [2.05, 4.69) is 6.55 Å². The first-order chi connectivity index (χ1) is 3.39. The highest BCUT2D eigenvalue weighted by Crippen LogP contribution is 1.77. The van der Waals surface area contributed by atoms with Crippen LogP contribution >= 0.6 is 0 Å². The molecule has 0 aromatic rings. The Balaban J connectivity index is 2.12. The van der Waals surface area contributed by atoms with E-state index >= 15 is 0 Å². The van der Waals surface area contributed by atoms with E-state index in [0.717, 1.165) is 42.8 Å². The second kappa shape index (κ2) is 3.35. The number of rotatable bonds is 0. The van der Waals surface area contributed by atoms with Crippen LogP contribution in [-0.2, 0) is 0 Å². The van der Waals surface area contributed by atoms with Gasteiger partial charge in [-0.3, -0.25) is 0 Å². The Labute approximate surface area is 57.3 Å². The van der Waals surface area contributed by atoms with E-state index in [1.54, 1.807) is 0 Å². The zero-order valence-electron chi connectivity index (χ0n) is 5.11. The van der Waals surface area contributed by atoms with E-state index in [-0.39, 0.29) is 0 Å². The molecule has 0 aromatic carbocycles. The molecule has 42 valence electrons. The van der Waals surface area contributed by atoms with Gasteiger partial charge in [0.15, 0.2) is 0 Å². The summed E-state index contributed by atoms with van der Waals surface area (Å²) in [6.07, 6.45) is 0. The van der Waals surface area contributed by atoms with Gasteiger partial charge in [-0.1, -0.05) is 6.55 Å². The van der Waals surface area contributed by atoms with E-state index in [4.69, 9.17) is 0 Å². The van der Waals surface area contributed by atoms with Gasteiger partial charge in [0.1, 0.15) is 0 Å². The predicted molar refractivity (Wildman–Crippen MR) is 55.7 cm³/mol. The maximum Gasteiger partial charge on any atom is 0.00317 e. The first-order valence-corrected chi connectivity index (χ1v) is 27.1. The quantitative estimate of drug-likeness (QED) is 0.341. The molecule has 1 saturated heterocycles. The Bertz CT molecular complexity index is 46.1. The standard InChI is InChI=1S/CH14Si6/c1-7-5-3-2-4-6-7/h7H,2-6H2,1H3. The van der Waals surface area contributed by atoms with Crippen molar-refractivity contribution in [2.75, 3.05) is 0 Å². The molecule has 0 amide bonds. The van der Waals surface area contributed by atoms with Crippen LogP contribution in [0.3, 0.4) is 0 Å². The third-order valence-corrected chi connectivity index (χ3v) is 122. The predicted octanol–water partition coefficient (Wildman–Crippen LogP) is -4.65. The monoisotopic (exact) mass is 194 g/mol. The van der Waals surface area contributed by atoms with Gasteiger partial charge in [-0.05, 0) is 42.8 Å². The molecule has 0 spiro atoms. The van der Waals surface area contributed by atoms with Gasteiger partial charge in [0.2, 0.25) is 0 Å². The van der Waals surface area contributed by atoms with E-state index in [1.165, 1.54) is 0 Å². The molecule has 1 aliphatic rings. The summed E-state index contributed by atoms with van der Waals surface area (Å²) in [6, 6.07) is 0. The molecule has 1 fully saturated rings. The van der Waals surface area contributed by atoms with Crippen molar-refractivity contribution in [3.05, 3.63) is 0 Å². The van der Waals surface area contributed by atoms with Crippen LogP contribution in [0.5, 0.6) is 0 Å². The molecule has 0 nitrogen and oxygen atoms in total. The van der Waals surface area contributed by atoms with Crippen molar-refractivity contribution in [2.24, 2.45) is 0 Å². The Hall–Kier alpha value is 1.30. The highest BCUT2D eigenvalue weighted by atomic mass is 30.1. The molecule has 1 aliphatic heterocycles. The number of hydrogen-bond donors (Lipinski definition) is 0. The smallest absolute Gasteiger partial charge is 0.00317 e. The summed E-state index contributed by atoms with van der Waals surface area (Å²) in [5.74, 6) is 0. The molecule has 0 atom stereocenters. The molecular weight excluding hydrogens is 181 g/mol. The van der Waals surface area contributed by atoms with Crippen LogP contribution in [0.15, 0.2) is 0 Å². The lowest BCUT2D eigenvalue weighted by Crippen LogP contribution is -2.46. The van der Waals surface area contributed by atoms with E-state index < -0.39 is 0 Å². The van der Waals surface area contributed by atoms with Crippen LogP contribution in [0, 0.1) is 0 Å². The van der Waals surface area contributed by atoms with Crippen molar-refractivity contribution in [3.8, 4) is 0 Å². The lowest BCUT2D eigenvalue weighted by molar-refractivity contribution is 2.33. The normalized spacial score (nSPS) is 50.1. The van der Waals surface area contributed by atoms with E-state index in [0.29, 0.717) is 7.83 Å². The van der Waals surface area contributed by atoms with Crippen LogP contribution in [0.4, 0.5) is 0 Å². The summed E-state index contributed by atoms with van der Waals surface area (Å²) in [6.45, 7) is 2.71. The van der Waals surface area contributed by atoms with Gasteiger partial charge in [0.25, 0.3) is 0 Å². The fraction of sp³-hybridized carbons (Fsp3) is 1.00. The lowest BCUT2D eigenvalue weighted by atomic mass is 11.9. The minimum atomic E-state index is 0.341. The second-order valence-electron chi connectivity index (χ2n) is 2.74. The summed E-state index contributed by atoms with van der Waals surface area (Å²) in [4.78, 5) is 0. The molecule has 7 heavy (non-hydrogen) atoms. The zero-order chi connectivity index (χ0) is 5.11. The molecule has 0 N–H and O–H groups in total. The average Bonchev–Trinajstić information content (AvgIpc) is 1.69. The topological polar surface area (TPSA) is 0 Å². The van der Waals surface area contributed by atoms with Gasteiger partial charge in [0.05, 0.1) is 0 Å². The summed E-state index contributed by atoms with van der Waals surface area (Å²) < 4.78 is 0. The minimum absolute atomic E-state index is 0.341. The van der Waals surface area contributed by atoms with Crippen LogP contribution in [-0.4, -0.2) is 50.6 Å². The Morgan fingerprint density at radius 1 is 1.00 bits per heavy atom. The maximum absolute atomic E-state index is 2.71. The SMILES string of the molecule is C[SiH]1[SiH2][SiH2][SiH2][SiH2][SiH2]1. The summed E-state index contributed by atoms with van der Waals surface area (Å²) in [5.41, 5.74) is 0. The highest BCUT2D eigenvalue weighted by molar-refractivity contribution is 7.79. The van der Waals surface area contributed by atoms with Crippen molar-refractivity contribution >= 4 is 50.6 Å². The average molecular weight is 195 g/mol. The van der Waals surface area contributed by atoms with Gasteiger partial charge >= 0.3 is 0 Å². The van der Waals surface area contributed by atoms with E-state index in [1.807, 2.05) is 0 Å². The molecule has 0 unspecified atom stereocenters. The van der Waals surface area contributed by atoms with Gasteiger partial charge in [-0.15, -0.1) is 0 Å². The van der Waals surface area contributed by atoms with Crippen molar-refractivity contribution in [3.63, 3.8) is 0 Å². The summed E-state index contributed by atoms with van der Waals surface area (Å²) >= 11 is 0. The van der Waals surface area contributed by atoms with Crippen LogP contribution in [0.1, 0.15) is 0 Å². The number of hydrogen-bond acceptors (Lipinski definition) is 0. The fourth-order valence-electron chi connectivity index (χ4n) is 1.31. The highest BCUT2D eigenvalue weighted by Gasteiger charge is 2.10. The summed E-state index contributed by atoms with van der Waals surface area (Å²) in [5, 5.41) is 0. The van der Waals surface area contributed by atoms with Gasteiger partial charge in [-0.25, -0.2) is 0 Å². The van der Waals surface area contributed by atoms with Crippen molar-refractivity contribution < 1.29 is 0 Å². The van der Waals surface area contributed by atoms with Crippen LogP contribution < -0.4 is 0 Å². The Morgan fingerprint density at radius 3 is 1.86 bits per heavy atom. The first-order valence-electron chi connectivity index (χ1n) is 3.39. The largest absolute Gasteiger partial charge is 0.0770 e. The zero-order valence-corrected chi connectivity index (χ0v) is 13.3. The minimum Gasteiger partial charge on any atom is -0.0770 e. The molecule has 0 saturated carbocycles. The summed E-state index contributed by atoms with van der Waals surface area (Å²) in [7, 11) is 4.79. The maximum atomic E-state index is 2.71. The first kappa shape index (κ1) is 6.42. The third kappa shape index (κ3) is 2.37. The van der Waals surface area contributed by atoms with Crippen LogP contribution in [0.2, 0.25) is 6.55 Å². The molecule has 0 aromatic heterocycles. The van der Waals surface area contributed by atoms with Crippen molar-refractivity contribution in [1.82, 2.24) is 0 Å². The van der Waals surface area contributed by atoms with Gasteiger partial charge < -0.3 is 0 Å². The molecule has 0 bridgehead atoms. The molecular formula is CH14Si6. The van der Waals surface area contributed by atoms with Gasteiger partial charge in [-0.2, -0.15) is 0 Å². The Morgan fingerprint density at radius 2 is 1.57 bits per heavy atom. The fourth-order valence-corrected chi connectivity index (χ4v) is 251. The molecule has 0 radical (unpaired) electrons. The van der Waals surface area contributed by atoms with Crippen LogP contribution in [0.25, 0.3) is 0 Å². The van der Waals surface area contributed by atoms with Gasteiger partial charge in [0, 0.05) is 7.83 Å². The lowest BCUT2D eigenvalue weighted by Gasteiger charge is -2.11. The molecule has 0 aliphatic carbocycles. The molecule has 1 rings (SSSR count). The van der Waals surface area contributed by atoms with Crippen molar-refractivity contribution in [2.45, 2.75) is 6.55 Å². The molecule has 6 heteroatoms. The Kier molecular flexibility index (Phi) is 3.07.